The van der Waals surface area contributed by atoms with Crippen molar-refractivity contribution in [2.75, 3.05) is 4.72 Å². The second kappa shape index (κ2) is 6.46. The number of rotatable bonds is 4. The molecule has 0 saturated carbocycles. The quantitative estimate of drug-likeness (QED) is 0.747. The van der Waals surface area contributed by atoms with E-state index in [-0.39, 0.29) is 10.8 Å². The molecule has 0 atom stereocenters. The molecule has 0 amide bonds. The van der Waals surface area contributed by atoms with Crippen LogP contribution in [0.1, 0.15) is 0 Å². The number of nitrogens with zero attached hydrogens (tertiary/aromatic N) is 1. The first kappa shape index (κ1) is 16.2. The van der Waals surface area contributed by atoms with Crippen molar-refractivity contribution in [2.24, 2.45) is 0 Å². The summed E-state index contributed by atoms with van der Waals surface area (Å²) in [6, 6.07) is 16.0. The maximum atomic E-state index is 12.4. The maximum absolute atomic E-state index is 12.4. The van der Waals surface area contributed by atoms with Gasteiger partial charge in [0.2, 0.25) is 5.95 Å². The van der Waals surface area contributed by atoms with E-state index in [0.717, 1.165) is 0 Å². The van der Waals surface area contributed by atoms with Gasteiger partial charge in [-0.05, 0) is 24.3 Å². The number of hydrogen-bond acceptors (Lipinski definition) is 4. The van der Waals surface area contributed by atoms with Crippen molar-refractivity contribution in [2.45, 2.75) is 4.90 Å². The molecule has 0 aliphatic carbocycles. The zero-order valence-corrected chi connectivity index (χ0v) is 13.8. The zero-order chi connectivity index (χ0) is 17.2. The van der Waals surface area contributed by atoms with Crippen LogP contribution in [0.25, 0.3) is 11.3 Å². The maximum Gasteiger partial charge on any atom is 0.264 e. The minimum atomic E-state index is -3.89. The highest BCUT2D eigenvalue weighted by Crippen LogP contribution is 2.18. The second-order valence-electron chi connectivity index (χ2n) is 4.90. The number of aromatic amines is 1. The van der Waals surface area contributed by atoms with E-state index in [0.29, 0.717) is 16.3 Å². The van der Waals surface area contributed by atoms with Crippen LogP contribution < -0.4 is 10.3 Å². The fourth-order valence-electron chi connectivity index (χ4n) is 2.06. The van der Waals surface area contributed by atoms with Gasteiger partial charge in [-0.3, -0.25) is 9.78 Å². The Morgan fingerprint density at radius 2 is 1.67 bits per heavy atom. The van der Waals surface area contributed by atoms with Crippen LogP contribution >= 0.6 is 11.6 Å². The van der Waals surface area contributed by atoms with Gasteiger partial charge >= 0.3 is 0 Å². The van der Waals surface area contributed by atoms with Gasteiger partial charge in [0.05, 0.1) is 10.6 Å². The van der Waals surface area contributed by atoms with E-state index in [1.54, 1.807) is 24.3 Å². The summed E-state index contributed by atoms with van der Waals surface area (Å²) >= 11 is 5.76. The molecule has 2 N–H and O–H groups in total. The molecule has 8 heteroatoms. The minimum absolute atomic E-state index is 0.0136. The van der Waals surface area contributed by atoms with E-state index < -0.39 is 15.6 Å². The van der Waals surface area contributed by atoms with E-state index >= 15 is 0 Å². The third-order valence-corrected chi connectivity index (χ3v) is 4.77. The fraction of sp³-hybridized carbons (Fsp3) is 0. The highest BCUT2D eigenvalue weighted by Gasteiger charge is 2.16. The van der Waals surface area contributed by atoms with E-state index in [9.17, 15) is 13.2 Å². The SMILES string of the molecule is O=c1cc(-c2ccccc2)nc(NS(=O)(=O)c2ccc(Cl)cc2)[nH]1. The number of halogens is 1. The van der Waals surface area contributed by atoms with Crippen LogP contribution in [0.4, 0.5) is 5.95 Å². The van der Waals surface area contributed by atoms with Crippen molar-refractivity contribution in [1.29, 1.82) is 0 Å². The molecule has 0 aliphatic heterocycles. The first-order valence-electron chi connectivity index (χ1n) is 6.89. The lowest BCUT2D eigenvalue weighted by atomic mass is 10.1. The van der Waals surface area contributed by atoms with Crippen molar-refractivity contribution >= 4 is 27.6 Å². The Hall–Kier alpha value is -2.64. The molecule has 0 spiro atoms. The molecule has 2 aromatic carbocycles. The van der Waals surface area contributed by atoms with Crippen molar-refractivity contribution in [3.05, 3.63) is 76.0 Å². The van der Waals surface area contributed by atoms with Crippen LogP contribution in [0.2, 0.25) is 5.02 Å². The molecule has 1 heterocycles. The first-order valence-corrected chi connectivity index (χ1v) is 8.75. The van der Waals surface area contributed by atoms with Crippen molar-refractivity contribution < 1.29 is 8.42 Å². The number of hydrogen-bond donors (Lipinski definition) is 2. The van der Waals surface area contributed by atoms with Crippen molar-refractivity contribution in [3.63, 3.8) is 0 Å². The van der Waals surface area contributed by atoms with E-state index in [4.69, 9.17) is 11.6 Å². The lowest BCUT2D eigenvalue weighted by Gasteiger charge is -2.08. The zero-order valence-electron chi connectivity index (χ0n) is 12.2. The summed E-state index contributed by atoms with van der Waals surface area (Å²) < 4.78 is 27.0. The van der Waals surface area contributed by atoms with Crippen LogP contribution in [-0.2, 0) is 10.0 Å². The third kappa shape index (κ3) is 3.64. The summed E-state index contributed by atoms with van der Waals surface area (Å²) in [7, 11) is -3.89. The summed E-state index contributed by atoms with van der Waals surface area (Å²) in [5.41, 5.74) is 0.612. The van der Waals surface area contributed by atoms with Crippen molar-refractivity contribution in [1.82, 2.24) is 9.97 Å². The number of sulfonamides is 1. The van der Waals surface area contributed by atoms with Gasteiger partial charge in [-0.1, -0.05) is 41.9 Å². The molecule has 3 aromatic rings. The molecule has 1 aromatic heterocycles. The van der Waals surface area contributed by atoms with Crippen LogP contribution in [0.5, 0.6) is 0 Å². The molecule has 6 nitrogen and oxygen atoms in total. The Bertz CT molecular complexity index is 1020. The molecule has 0 saturated heterocycles. The summed E-state index contributed by atoms with van der Waals surface area (Å²) in [5, 5.41) is 0.423. The molecule has 0 aliphatic rings. The van der Waals surface area contributed by atoms with Gasteiger partial charge in [0.15, 0.2) is 0 Å². The van der Waals surface area contributed by atoms with E-state index in [1.165, 1.54) is 30.3 Å². The molecule has 122 valence electrons. The predicted molar refractivity (Wildman–Crippen MR) is 92.6 cm³/mol. The highest BCUT2D eigenvalue weighted by atomic mass is 35.5. The smallest absolute Gasteiger partial charge is 0.264 e. The van der Waals surface area contributed by atoms with Gasteiger partial charge < -0.3 is 0 Å². The average molecular weight is 362 g/mol. The minimum Gasteiger partial charge on any atom is -0.292 e. The number of nitrogens with one attached hydrogen (secondary N) is 2. The summed E-state index contributed by atoms with van der Waals surface area (Å²) in [6.07, 6.45) is 0. The molecular weight excluding hydrogens is 350 g/mol. The molecule has 24 heavy (non-hydrogen) atoms. The van der Waals surface area contributed by atoms with Gasteiger partial charge in [-0.15, -0.1) is 0 Å². The van der Waals surface area contributed by atoms with E-state index in [1.807, 2.05) is 6.07 Å². The van der Waals surface area contributed by atoms with Gasteiger partial charge in [-0.25, -0.2) is 18.1 Å². The van der Waals surface area contributed by atoms with Gasteiger partial charge in [0.1, 0.15) is 0 Å². The largest absolute Gasteiger partial charge is 0.292 e. The number of H-pyrrole nitrogens is 1. The topological polar surface area (TPSA) is 91.9 Å². The predicted octanol–water partition coefficient (Wildman–Crippen LogP) is 2.89. The van der Waals surface area contributed by atoms with Gasteiger partial charge in [0.25, 0.3) is 15.6 Å². The number of aromatic nitrogens is 2. The lowest BCUT2D eigenvalue weighted by molar-refractivity contribution is 0.601. The Kier molecular flexibility index (Phi) is 4.37. The molecule has 0 radical (unpaired) electrons. The monoisotopic (exact) mass is 361 g/mol. The Morgan fingerprint density at radius 3 is 2.33 bits per heavy atom. The Balaban J connectivity index is 1.97. The van der Waals surface area contributed by atoms with Crippen LogP contribution in [0.3, 0.4) is 0 Å². The van der Waals surface area contributed by atoms with Crippen molar-refractivity contribution in [3.8, 4) is 11.3 Å². The lowest BCUT2D eigenvalue weighted by Crippen LogP contribution is -2.18. The molecule has 0 fully saturated rings. The third-order valence-electron chi connectivity index (χ3n) is 3.17. The number of anilines is 1. The summed E-state index contributed by atoms with van der Waals surface area (Å²) in [6.45, 7) is 0. The number of benzene rings is 2. The van der Waals surface area contributed by atoms with Crippen LogP contribution in [0, 0.1) is 0 Å². The van der Waals surface area contributed by atoms with E-state index in [2.05, 4.69) is 14.7 Å². The fourth-order valence-corrected chi connectivity index (χ4v) is 3.15. The second-order valence-corrected chi connectivity index (χ2v) is 7.02. The van der Waals surface area contributed by atoms with Gasteiger partial charge in [-0.2, -0.15) is 0 Å². The molecular formula is C16H12ClN3O3S. The first-order chi connectivity index (χ1) is 11.4. The molecule has 0 bridgehead atoms. The summed E-state index contributed by atoms with van der Waals surface area (Å²) in [4.78, 5) is 18.3. The average Bonchev–Trinajstić information content (AvgIpc) is 2.55. The normalized spacial score (nSPS) is 11.2. The Morgan fingerprint density at radius 1 is 1.00 bits per heavy atom. The summed E-state index contributed by atoms with van der Waals surface area (Å²) in [5.74, 6) is -0.156. The highest BCUT2D eigenvalue weighted by molar-refractivity contribution is 7.92. The van der Waals surface area contributed by atoms with Crippen LogP contribution in [0.15, 0.2) is 70.4 Å². The standard InChI is InChI=1S/C16H12ClN3O3S/c17-12-6-8-13(9-7-12)24(22,23)20-16-18-14(10-15(21)19-16)11-4-2-1-3-5-11/h1-10H,(H2,18,19,20,21). The Labute approximate surface area is 143 Å². The van der Waals surface area contributed by atoms with Gasteiger partial charge in [0, 0.05) is 16.7 Å². The molecule has 0 unspecified atom stereocenters. The van der Waals surface area contributed by atoms with Crippen LogP contribution in [-0.4, -0.2) is 18.4 Å². The molecule has 3 rings (SSSR count).